The van der Waals surface area contributed by atoms with E-state index in [9.17, 15) is 10.1 Å². The summed E-state index contributed by atoms with van der Waals surface area (Å²) in [4.78, 5) is 15.0. The van der Waals surface area contributed by atoms with Gasteiger partial charge in [-0.25, -0.2) is 0 Å². The molecule has 0 aromatic heterocycles. The highest BCUT2D eigenvalue weighted by Crippen LogP contribution is 2.21. The number of allylic oxidation sites excluding steroid dienone is 1. The van der Waals surface area contributed by atoms with Gasteiger partial charge in [0.2, 0.25) is 0 Å². The number of halogens is 1. The lowest BCUT2D eigenvalue weighted by atomic mass is 10.3. The number of hydrogen-bond donors (Lipinski definition) is 0. The molecule has 1 aromatic rings. The van der Waals surface area contributed by atoms with Crippen molar-refractivity contribution in [2.75, 3.05) is 5.17 Å². The van der Waals surface area contributed by atoms with E-state index in [2.05, 4.69) is 5.10 Å². The Morgan fingerprint density at radius 1 is 1.38 bits per heavy atom. The normalized spacial score (nSPS) is 14.3. The van der Waals surface area contributed by atoms with Crippen LogP contribution in [0.3, 0.4) is 0 Å². The van der Waals surface area contributed by atoms with Gasteiger partial charge < -0.3 is 4.84 Å². The van der Waals surface area contributed by atoms with E-state index >= 15 is 0 Å². The molecule has 0 aliphatic carbocycles. The zero-order valence-electron chi connectivity index (χ0n) is 7.91. The van der Waals surface area contributed by atoms with E-state index in [0.29, 0.717) is 5.69 Å². The Bertz CT molecular complexity index is 469. The minimum atomic E-state index is -0.475. The molecule has 2 rings (SSSR count). The third-order valence-corrected chi connectivity index (χ3v) is 2.04. The number of rotatable bonds is 2. The molecule has 7 heteroatoms. The van der Waals surface area contributed by atoms with Gasteiger partial charge in [0.1, 0.15) is 11.9 Å². The largest absolute Gasteiger partial charge is 0.365 e. The van der Waals surface area contributed by atoms with Gasteiger partial charge in [-0.1, -0.05) is 16.8 Å². The first-order valence-electron chi connectivity index (χ1n) is 4.29. The first kappa shape index (κ1) is 10.4. The van der Waals surface area contributed by atoms with E-state index < -0.39 is 4.92 Å². The van der Waals surface area contributed by atoms with Crippen LogP contribution in [-0.4, -0.2) is 10.1 Å². The second-order valence-corrected chi connectivity index (χ2v) is 3.26. The number of benzene rings is 1. The van der Waals surface area contributed by atoms with E-state index in [1.807, 2.05) is 0 Å². The molecule has 0 N–H and O–H groups in total. The van der Waals surface area contributed by atoms with E-state index in [1.165, 1.54) is 41.8 Å². The van der Waals surface area contributed by atoms with Crippen molar-refractivity contribution >= 4 is 28.1 Å². The molecule has 0 spiro atoms. The van der Waals surface area contributed by atoms with E-state index in [-0.39, 0.29) is 10.9 Å². The molecule has 0 atom stereocenters. The van der Waals surface area contributed by atoms with Gasteiger partial charge in [0, 0.05) is 18.2 Å². The average Bonchev–Trinajstić information content (AvgIpc) is 2.29. The van der Waals surface area contributed by atoms with Gasteiger partial charge in [-0.2, -0.15) is 0 Å². The molecule has 1 aliphatic rings. The van der Waals surface area contributed by atoms with Crippen LogP contribution in [0.15, 0.2) is 41.7 Å². The monoisotopic (exact) mass is 239 g/mol. The predicted octanol–water partition coefficient (Wildman–Crippen LogP) is 2.41. The first-order chi connectivity index (χ1) is 7.66. The Kier molecular flexibility index (Phi) is 2.74. The zero-order valence-corrected chi connectivity index (χ0v) is 8.66. The second kappa shape index (κ2) is 4.19. The zero-order chi connectivity index (χ0) is 11.5. The smallest absolute Gasteiger partial charge is 0.269 e. The number of nitrogens with zero attached hydrogens (tertiary/aromatic N) is 3. The van der Waals surface area contributed by atoms with Crippen molar-refractivity contribution in [1.82, 2.24) is 0 Å². The Balaban J connectivity index is 2.22. The fourth-order valence-corrected chi connectivity index (χ4v) is 1.23. The van der Waals surface area contributed by atoms with Gasteiger partial charge in [-0.15, -0.1) is 5.10 Å². The maximum atomic E-state index is 10.4. The van der Waals surface area contributed by atoms with Crippen molar-refractivity contribution in [3.05, 3.63) is 46.7 Å². The Morgan fingerprint density at radius 3 is 2.62 bits per heavy atom. The van der Waals surface area contributed by atoms with Crippen LogP contribution in [0.25, 0.3) is 0 Å². The lowest BCUT2D eigenvalue weighted by Crippen LogP contribution is -2.17. The predicted molar refractivity (Wildman–Crippen MR) is 59.1 cm³/mol. The van der Waals surface area contributed by atoms with Crippen LogP contribution in [-0.2, 0) is 4.84 Å². The van der Waals surface area contributed by atoms with E-state index in [0.717, 1.165) is 0 Å². The summed E-state index contributed by atoms with van der Waals surface area (Å²) < 4.78 is 0. The van der Waals surface area contributed by atoms with Crippen molar-refractivity contribution in [3.63, 3.8) is 0 Å². The molecule has 0 unspecified atom stereocenters. The molecule has 16 heavy (non-hydrogen) atoms. The topological polar surface area (TPSA) is 68.0 Å². The molecule has 1 heterocycles. The molecule has 1 aromatic carbocycles. The van der Waals surface area contributed by atoms with Crippen LogP contribution in [0.4, 0.5) is 11.4 Å². The highest BCUT2D eigenvalue weighted by atomic mass is 35.5. The summed E-state index contributed by atoms with van der Waals surface area (Å²) >= 11 is 5.68. The van der Waals surface area contributed by atoms with Gasteiger partial charge in [0.25, 0.3) is 5.69 Å². The quantitative estimate of drug-likeness (QED) is 0.587. The lowest BCUT2D eigenvalue weighted by molar-refractivity contribution is -0.384. The number of nitro groups is 1. The lowest BCUT2D eigenvalue weighted by Gasteiger charge is -2.18. The van der Waals surface area contributed by atoms with E-state index in [1.54, 1.807) is 0 Å². The summed E-state index contributed by atoms with van der Waals surface area (Å²) in [6.07, 6.45) is 2.86. The third kappa shape index (κ3) is 2.12. The fourth-order valence-electron chi connectivity index (χ4n) is 1.11. The molecule has 0 saturated heterocycles. The summed E-state index contributed by atoms with van der Waals surface area (Å²) in [5.74, 6) is 0. The molecule has 1 aliphatic heterocycles. The van der Waals surface area contributed by atoms with Crippen molar-refractivity contribution in [2.45, 2.75) is 0 Å². The number of hydrogen-bond acceptors (Lipinski definition) is 5. The minimum Gasteiger partial charge on any atom is -0.365 e. The van der Waals surface area contributed by atoms with Gasteiger partial charge in [0.15, 0.2) is 5.17 Å². The Labute approximate surface area is 95.5 Å². The number of anilines is 1. The van der Waals surface area contributed by atoms with Crippen molar-refractivity contribution in [2.24, 2.45) is 5.10 Å². The van der Waals surface area contributed by atoms with Gasteiger partial charge in [-0.05, 0) is 12.1 Å². The van der Waals surface area contributed by atoms with Gasteiger partial charge in [-0.3, -0.25) is 10.1 Å². The summed E-state index contributed by atoms with van der Waals surface area (Å²) in [7, 11) is 0. The van der Waals surface area contributed by atoms with Crippen LogP contribution >= 0.6 is 11.6 Å². The molecule has 6 nitrogen and oxygen atoms in total. The molecule has 0 bridgehead atoms. The summed E-state index contributed by atoms with van der Waals surface area (Å²) in [5.41, 5.74) is 0.555. The highest BCUT2D eigenvalue weighted by molar-refractivity contribution is 6.68. The first-order valence-corrected chi connectivity index (χ1v) is 4.66. The summed E-state index contributed by atoms with van der Waals surface area (Å²) in [5, 5.41) is 15.7. The van der Waals surface area contributed by atoms with Gasteiger partial charge >= 0.3 is 0 Å². The van der Waals surface area contributed by atoms with Crippen molar-refractivity contribution in [1.29, 1.82) is 0 Å². The molecular formula is C9H6ClN3O3. The SMILES string of the molecule is O=[N+]([O-])c1ccc(N2N=C(Cl)C=CO2)cc1. The molecular weight excluding hydrogens is 234 g/mol. The summed E-state index contributed by atoms with van der Waals surface area (Å²) in [6, 6.07) is 5.76. The van der Waals surface area contributed by atoms with Crippen molar-refractivity contribution < 1.29 is 9.76 Å². The molecule has 0 saturated carbocycles. The Morgan fingerprint density at radius 2 is 2.06 bits per heavy atom. The van der Waals surface area contributed by atoms with Gasteiger partial charge in [0.05, 0.1) is 4.92 Å². The molecule has 82 valence electrons. The van der Waals surface area contributed by atoms with Crippen LogP contribution < -0.4 is 5.17 Å². The molecule has 0 radical (unpaired) electrons. The highest BCUT2D eigenvalue weighted by Gasteiger charge is 2.11. The number of hydrazone groups is 1. The molecule has 0 amide bonds. The standard InChI is InChI=1S/C9H6ClN3O3/c10-9-5-6-16-12(11-9)7-1-3-8(4-2-7)13(14)15/h1-6H. The summed E-state index contributed by atoms with van der Waals surface area (Å²) in [6.45, 7) is 0. The third-order valence-electron chi connectivity index (χ3n) is 1.83. The fraction of sp³-hybridized carbons (Fsp3) is 0. The van der Waals surface area contributed by atoms with Crippen molar-refractivity contribution in [3.8, 4) is 0 Å². The maximum Gasteiger partial charge on any atom is 0.269 e. The average molecular weight is 240 g/mol. The second-order valence-electron chi connectivity index (χ2n) is 2.88. The van der Waals surface area contributed by atoms with Crippen LogP contribution in [0, 0.1) is 10.1 Å². The number of nitro benzene ring substituents is 1. The Hall–Kier alpha value is -2.08. The maximum absolute atomic E-state index is 10.4. The van der Waals surface area contributed by atoms with Crippen LogP contribution in [0.5, 0.6) is 0 Å². The minimum absolute atomic E-state index is 0.00591. The molecule has 0 fully saturated rings. The van der Waals surface area contributed by atoms with E-state index in [4.69, 9.17) is 16.4 Å². The number of non-ortho nitro benzene ring substituents is 1. The van der Waals surface area contributed by atoms with Crippen LogP contribution in [0.1, 0.15) is 0 Å². The van der Waals surface area contributed by atoms with Crippen LogP contribution in [0.2, 0.25) is 0 Å².